The molecule has 0 saturated heterocycles. The molecule has 34 heavy (non-hydrogen) atoms. The van der Waals surface area contributed by atoms with E-state index in [0.717, 1.165) is 15.7 Å². The van der Waals surface area contributed by atoms with Gasteiger partial charge in [-0.25, -0.2) is 14.4 Å². The second kappa shape index (κ2) is 9.38. The van der Waals surface area contributed by atoms with Crippen LogP contribution >= 0.6 is 0 Å². The Kier molecular flexibility index (Phi) is 6.36. The highest BCUT2D eigenvalue weighted by Crippen LogP contribution is 2.38. The molecule has 1 aromatic heterocycles. The van der Waals surface area contributed by atoms with Crippen molar-refractivity contribution in [1.29, 1.82) is 0 Å². The molecule has 0 saturated carbocycles. The van der Waals surface area contributed by atoms with Crippen molar-refractivity contribution in [3.63, 3.8) is 0 Å². The maximum absolute atomic E-state index is 12.8. The number of aromatic nitrogens is 2. The van der Waals surface area contributed by atoms with Gasteiger partial charge in [0.25, 0.3) is 5.56 Å². The van der Waals surface area contributed by atoms with Gasteiger partial charge < -0.3 is 9.84 Å². The summed E-state index contributed by atoms with van der Waals surface area (Å²) in [5, 5.41) is 16.9. The lowest BCUT2D eigenvalue weighted by atomic mass is 9.98. The van der Waals surface area contributed by atoms with E-state index in [2.05, 4.69) is 10.1 Å². The van der Waals surface area contributed by atoms with Crippen LogP contribution in [0.3, 0.4) is 0 Å². The van der Waals surface area contributed by atoms with E-state index in [0.29, 0.717) is 18.0 Å². The Bertz CT molecular complexity index is 1390. The molecule has 4 rings (SSSR count). The van der Waals surface area contributed by atoms with E-state index in [9.17, 15) is 19.5 Å². The third-order valence-corrected chi connectivity index (χ3v) is 5.78. The summed E-state index contributed by atoms with van der Waals surface area (Å²) in [6.07, 6.45) is 0.369. The average molecular weight is 463 g/mol. The lowest BCUT2D eigenvalue weighted by molar-refractivity contribution is -0.132. The number of aryl methyl sites for hydroxylation is 1. The third-order valence-electron chi connectivity index (χ3n) is 5.78. The molecule has 3 aromatic rings. The van der Waals surface area contributed by atoms with Gasteiger partial charge in [0.2, 0.25) is 11.8 Å². The fourth-order valence-electron chi connectivity index (χ4n) is 4.16. The van der Waals surface area contributed by atoms with Gasteiger partial charge in [0, 0.05) is 18.4 Å². The van der Waals surface area contributed by atoms with Gasteiger partial charge in [0.05, 0.1) is 24.0 Å². The summed E-state index contributed by atoms with van der Waals surface area (Å²) in [5.74, 6) is -0.151. The number of rotatable bonds is 6. The number of H-pyrrole nitrogens is 1. The Morgan fingerprint density at radius 3 is 2.56 bits per heavy atom. The minimum Gasteiger partial charge on any atom is -0.494 e. The molecule has 1 aliphatic rings. The van der Waals surface area contributed by atoms with Gasteiger partial charge in [-0.05, 0) is 31.5 Å². The summed E-state index contributed by atoms with van der Waals surface area (Å²) in [6.45, 7) is 5.83. The molecule has 176 valence electrons. The van der Waals surface area contributed by atoms with Crippen LogP contribution in [0.4, 0.5) is 0 Å². The molecular formula is C25H26N4O5. The van der Waals surface area contributed by atoms with E-state index in [1.807, 2.05) is 37.3 Å². The minimum absolute atomic E-state index is 0.145. The minimum atomic E-state index is -0.770. The number of nitrogens with one attached hydrogen (secondary N) is 1. The van der Waals surface area contributed by atoms with Gasteiger partial charge in [-0.1, -0.05) is 43.3 Å². The predicted molar refractivity (Wildman–Crippen MR) is 128 cm³/mol. The van der Waals surface area contributed by atoms with Crippen molar-refractivity contribution in [3.8, 4) is 17.3 Å². The summed E-state index contributed by atoms with van der Waals surface area (Å²) in [4.78, 5) is 40.5. The number of para-hydroxylation sites is 2. The highest BCUT2D eigenvalue weighted by molar-refractivity contribution is 6.04. The van der Waals surface area contributed by atoms with Crippen molar-refractivity contribution in [3.05, 3.63) is 86.1 Å². The number of hydrogen-bond donors (Lipinski definition) is 2. The maximum atomic E-state index is 12.8. The van der Waals surface area contributed by atoms with E-state index in [-0.39, 0.29) is 30.0 Å². The number of aromatic hydroxyl groups is 1. The molecule has 2 aromatic carbocycles. The summed E-state index contributed by atoms with van der Waals surface area (Å²) >= 11 is 0. The van der Waals surface area contributed by atoms with Crippen LogP contribution in [0.25, 0.3) is 5.69 Å². The SMILES string of the molecule is CCOc1ccccc1[C@H]1CC(c2c(O)n(-c3ccccc3C)c(=O)[nH]c2=O)=NN1C(=O)CC. The molecule has 1 aliphatic heterocycles. The van der Waals surface area contributed by atoms with Crippen molar-refractivity contribution < 1.29 is 14.6 Å². The number of benzene rings is 2. The van der Waals surface area contributed by atoms with Crippen LogP contribution in [0.15, 0.2) is 63.2 Å². The molecule has 0 fully saturated rings. The van der Waals surface area contributed by atoms with Crippen molar-refractivity contribution in [2.24, 2.45) is 5.10 Å². The van der Waals surface area contributed by atoms with Crippen LogP contribution < -0.4 is 16.0 Å². The lowest BCUT2D eigenvalue weighted by Gasteiger charge is -2.23. The molecule has 9 heteroatoms. The first-order valence-electron chi connectivity index (χ1n) is 11.1. The molecule has 2 heterocycles. The van der Waals surface area contributed by atoms with Gasteiger partial charge in [-0.3, -0.25) is 14.6 Å². The van der Waals surface area contributed by atoms with E-state index in [1.165, 1.54) is 5.01 Å². The molecule has 1 atom stereocenters. The van der Waals surface area contributed by atoms with Gasteiger partial charge >= 0.3 is 5.69 Å². The Hall–Kier alpha value is -4.14. The predicted octanol–water partition coefficient (Wildman–Crippen LogP) is 3.03. The monoisotopic (exact) mass is 462 g/mol. The van der Waals surface area contributed by atoms with Gasteiger partial charge in [-0.2, -0.15) is 5.10 Å². The second-order valence-electron chi connectivity index (χ2n) is 7.91. The quantitative estimate of drug-likeness (QED) is 0.584. The Balaban J connectivity index is 1.87. The third kappa shape index (κ3) is 4.00. The average Bonchev–Trinajstić information content (AvgIpc) is 3.24. The zero-order chi connectivity index (χ0) is 24.4. The Morgan fingerprint density at radius 1 is 1.15 bits per heavy atom. The number of carbonyl (C=O) groups is 1. The largest absolute Gasteiger partial charge is 0.494 e. The molecule has 0 spiro atoms. The Labute approximate surface area is 195 Å². The first-order valence-corrected chi connectivity index (χ1v) is 11.1. The fourth-order valence-corrected chi connectivity index (χ4v) is 4.16. The number of carbonyl (C=O) groups excluding carboxylic acids is 1. The lowest BCUT2D eigenvalue weighted by Crippen LogP contribution is -2.33. The molecule has 0 radical (unpaired) electrons. The summed E-state index contributed by atoms with van der Waals surface area (Å²) < 4.78 is 6.80. The number of amides is 1. The van der Waals surface area contributed by atoms with Crippen LogP contribution in [0.2, 0.25) is 0 Å². The van der Waals surface area contributed by atoms with Gasteiger partial charge in [0.15, 0.2) is 0 Å². The highest BCUT2D eigenvalue weighted by Gasteiger charge is 2.36. The molecule has 9 nitrogen and oxygen atoms in total. The normalized spacial score (nSPS) is 15.3. The van der Waals surface area contributed by atoms with Crippen LogP contribution in [-0.2, 0) is 4.79 Å². The number of ether oxygens (including phenoxy) is 1. The van der Waals surface area contributed by atoms with Gasteiger partial charge in [-0.15, -0.1) is 0 Å². The maximum Gasteiger partial charge on any atom is 0.335 e. The van der Waals surface area contributed by atoms with E-state index in [1.54, 1.807) is 32.0 Å². The van der Waals surface area contributed by atoms with Crippen LogP contribution in [0, 0.1) is 6.92 Å². The molecule has 2 N–H and O–H groups in total. The number of nitrogens with zero attached hydrogens (tertiary/aromatic N) is 3. The number of hydrogen-bond acceptors (Lipinski definition) is 6. The van der Waals surface area contributed by atoms with E-state index in [4.69, 9.17) is 4.74 Å². The topological polar surface area (TPSA) is 117 Å². The summed E-state index contributed by atoms with van der Waals surface area (Å²) in [7, 11) is 0. The summed E-state index contributed by atoms with van der Waals surface area (Å²) in [6, 6.07) is 13.8. The first kappa shape index (κ1) is 23.0. The number of aromatic amines is 1. The van der Waals surface area contributed by atoms with E-state index >= 15 is 0 Å². The van der Waals surface area contributed by atoms with Crippen molar-refractivity contribution in [2.45, 2.75) is 39.7 Å². The number of hydrazone groups is 1. The molecular weight excluding hydrogens is 436 g/mol. The van der Waals surface area contributed by atoms with Crippen molar-refractivity contribution >= 4 is 11.6 Å². The van der Waals surface area contributed by atoms with Crippen molar-refractivity contribution in [2.75, 3.05) is 6.61 Å². The molecule has 0 bridgehead atoms. The Morgan fingerprint density at radius 2 is 1.85 bits per heavy atom. The zero-order valence-corrected chi connectivity index (χ0v) is 19.2. The molecule has 0 aliphatic carbocycles. The van der Waals surface area contributed by atoms with Gasteiger partial charge in [0.1, 0.15) is 11.3 Å². The zero-order valence-electron chi connectivity index (χ0n) is 19.2. The van der Waals surface area contributed by atoms with Crippen LogP contribution in [0.5, 0.6) is 11.6 Å². The second-order valence-corrected chi connectivity index (χ2v) is 7.91. The fraction of sp³-hybridized carbons (Fsp3) is 0.280. The smallest absolute Gasteiger partial charge is 0.335 e. The first-order chi connectivity index (χ1) is 16.4. The van der Waals surface area contributed by atoms with Crippen LogP contribution in [-0.4, -0.2) is 37.9 Å². The standard InChI is InChI=1S/C25H26N4O5/c1-4-21(30)29-19(16-11-7-9-13-20(16)34-5-2)14-17(27-29)22-23(31)26-25(33)28(24(22)32)18-12-8-6-10-15(18)3/h6-13,19,32H,4-5,14H2,1-3H3,(H,26,31,33)/t19-/m1/s1. The van der Waals surface area contributed by atoms with Crippen molar-refractivity contribution in [1.82, 2.24) is 14.6 Å². The van der Waals surface area contributed by atoms with E-state index < -0.39 is 23.2 Å². The molecule has 1 amide bonds. The summed E-state index contributed by atoms with van der Waals surface area (Å²) in [5.41, 5.74) is 0.436. The molecule has 0 unspecified atom stereocenters. The highest BCUT2D eigenvalue weighted by atomic mass is 16.5. The van der Waals surface area contributed by atoms with Crippen LogP contribution in [0.1, 0.15) is 49.4 Å².